The number of benzene rings is 1. The van der Waals surface area contributed by atoms with Crippen molar-refractivity contribution in [1.82, 2.24) is 9.97 Å². The van der Waals surface area contributed by atoms with Crippen LogP contribution >= 0.6 is 27.5 Å². The number of para-hydroxylation sites is 2. The van der Waals surface area contributed by atoms with Crippen LogP contribution in [0.2, 0.25) is 5.28 Å². The fourth-order valence-corrected chi connectivity index (χ4v) is 2.64. The highest BCUT2D eigenvalue weighted by atomic mass is 79.9. The van der Waals surface area contributed by atoms with Crippen molar-refractivity contribution in [3.8, 4) is 0 Å². The highest BCUT2D eigenvalue weighted by molar-refractivity contribution is 9.10. The number of hydrogen-bond acceptors (Lipinski definition) is 5. The average molecular weight is 370 g/mol. The van der Waals surface area contributed by atoms with Gasteiger partial charge in [0.1, 0.15) is 5.82 Å². The van der Waals surface area contributed by atoms with E-state index in [0.717, 1.165) is 42.2 Å². The minimum absolute atomic E-state index is 0.213. The number of halogens is 2. The van der Waals surface area contributed by atoms with Gasteiger partial charge in [0.2, 0.25) is 5.28 Å². The van der Waals surface area contributed by atoms with Gasteiger partial charge in [0, 0.05) is 19.3 Å². The van der Waals surface area contributed by atoms with E-state index >= 15 is 0 Å². The number of aromatic nitrogens is 2. The summed E-state index contributed by atoms with van der Waals surface area (Å²) in [5.74, 6) is 0.649. The van der Waals surface area contributed by atoms with Gasteiger partial charge in [-0.3, -0.25) is 0 Å². The first-order valence-corrected chi connectivity index (χ1v) is 7.78. The molecule has 0 atom stereocenters. The lowest BCUT2D eigenvalue weighted by molar-refractivity contribution is 0.123. The van der Waals surface area contributed by atoms with Crippen LogP contribution in [0.25, 0.3) is 0 Å². The van der Waals surface area contributed by atoms with Gasteiger partial charge in [-0.2, -0.15) is 4.98 Å². The molecule has 110 valence electrons. The molecular formula is C14H14BrClN4O. The van der Waals surface area contributed by atoms with E-state index in [1.807, 2.05) is 18.2 Å². The molecule has 2 aromatic rings. The largest absolute Gasteiger partial charge is 0.378 e. The van der Waals surface area contributed by atoms with Crippen molar-refractivity contribution >= 4 is 44.7 Å². The van der Waals surface area contributed by atoms with E-state index in [2.05, 4.69) is 42.2 Å². The SMILES string of the molecule is Clc1ncc(Br)c(Nc2ccccc2N2CCOCC2)n1. The summed E-state index contributed by atoms with van der Waals surface area (Å²) in [5, 5.41) is 3.53. The Morgan fingerprint density at radius 2 is 2.00 bits per heavy atom. The van der Waals surface area contributed by atoms with E-state index in [9.17, 15) is 0 Å². The molecular weight excluding hydrogens is 356 g/mol. The molecule has 1 saturated heterocycles. The van der Waals surface area contributed by atoms with Crippen LogP contribution in [0.5, 0.6) is 0 Å². The predicted octanol–water partition coefficient (Wildman–Crippen LogP) is 3.47. The molecule has 1 fully saturated rings. The Labute approximate surface area is 136 Å². The molecule has 0 saturated carbocycles. The van der Waals surface area contributed by atoms with Crippen molar-refractivity contribution in [2.24, 2.45) is 0 Å². The Bertz CT molecular complexity index is 634. The first kappa shape index (κ1) is 14.6. The summed E-state index contributed by atoms with van der Waals surface area (Å²) in [4.78, 5) is 10.4. The molecule has 0 aliphatic carbocycles. The summed E-state index contributed by atoms with van der Waals surface area (Å²) in [6, 6.07) is 8.12. The summed E-state index contributed by atoms with van der Waals surface area (Å²) >= 11 is 9.29. The Kier molecular flexibility index (Phi) is 4.57. The third-order valence-corrected chi connectivity index (χ3v) is 3.99. The minimum atomic E-state index is 0.213. The maximum Gasteiger partial charge on any atom is 0.224 e. The number of nitrogens with one attached hydrogen (secondary N) is 1. The second kappa shape index (κ2) is 6.60. The van der Waals surface area contributed by atoms with Crippen LogP contribution in [0.1, 0.15) is 0 Å². The molecule has 0 radical (unpaired) electrons. The summed E-state index contributed by atoms with van der Waals surface area (Å²) in [7, 11) is 0. The second-order valence-electron chi connectivity index (χ2n) is 4.58. The van der Waals surface area contributed by atoms with Crippen molar-refractivity contribution in [3.63, 3.8) is 0 Å². The van der Waals surface area contributed by atoms with E-state index in [-0.39, 0.29) is 5.28 Å². The summed E-state index contributed by atoms with van der Waals surface area (Å²) in [6.45, 7) is 3.25. The Balaban J connectivity index is 1.89. The number of morpholine rings is 1. The van der Waals surface area contributed by atoms with Gasteiger partial charge in [-0.25, -0.2) is 4.98 Å². The molecule has 1 aromatic carbocycles. The molecule has 1 aliphatic rings. The number of ether oxygens (including phenoxy) is 1. The number of rotatable bonds is 3. The second-order valence-corrected chi connectivity index (χ2v) is 5.77. The summed E-state index contributed by atoms with van der Waals surface area (Å²) in [5.41, 5.74) is 2.11. The maximum atomic E-state index is 5.86. The van der Waals surface area contributed by atoms with Crippen LogP contribution in [0, 0.1) is 0 Å². The van der Waals surface area contributed by atoms with Crippen LogP contribution in [0.15, 0.2) is 34.9 Å². The van der Waals surface area contributed by atoms with E-state index in [0.29, 0.717) is 5.82 Å². The zero-order valence-electron chi connectivity index (χ0n) is 11.2. The standard InChI is InChI=1S/C14H14BrClN4O/c15-10-9-17-14(16)19-13(10)18-11-3-1-2-4-12(11)20-5-7-21-8-6-20/h1-4,9H,5-8H2,(H,17,18,19). The predicted molar refractivity (Wildman–Crippen MR) is 87.5 cm³/mol. The van der Waals surface area contributed by atoms with E-state index in [1.54, 1.807) is 6.20 Å². The van der Waals surface area contributed by atoms with Gasteiger partial charge >= 0.3 is 0 Å². The first-order chi connectivity index (χ1) is 10.2. The average Bonchev–Trinajstić information content (AvgIpc) is 2.52. The van der Waals surface area contributed by atoms with Gasteiger partial charge < -0.3 is 15.0 Å². The minimum Gasteiger partial charge on any atom is -0.378 e. The third-order valence-electron chi connectivity index (χ3n) is 3.22. The maximum absolute atomic E-state index is 5.86. The van der Waals surface area contributed by atoms with Crippen molar-refractivity contribution in [2.45, 2.75) is 0 Å². The smallest absolute Gasteiger partial charge is 0.224 e. The van der Waals surface area contributed by atoms with Crippen LogP contribution in [-0.2, 0) is 4.74 Å². The van der Waals surface area contributed by atoms with Crippen molar-refractivity contribution in [1.29, 1.82) is 0 Å². The van der Waals surface area contributed by atoms with Gasteiger partial charge in [-0.15, -0.1) is 0 Å². The number of anilines is 3. The zero-order valence-corrected chi connectivity index (χ0v) is 13.6. The molecule has 0 amide bonds. The van der Waals surface area contributed by atoms with E-state index in [1.165, 1.54) is 0 Å². The van der Waals surface area contributed by atoms with Crippen LogP contribution in [-0.4, -0.2) is 36.3 Å². The Morgan fingerprint density at radius 1 is 1.24 bits per heavy atom. The zero-order chi connectivity index (χ0) is 14.7. The topological polar surface area (TPSA) is 50.3 Å². The molecule has 5 nitrogen and oxygen atoms in total. The van der Waals surface area contributed by atoms with Gasteiger partial charge in [-0.1, -0.05) is 12.1 Å². The van der Waals surface area contributed by atoms with Crippen LogP contribution < -0.4 is 10.2 Å². The lowest BCUT2D eigenvalue weighted by atomic mass is 10.2. The van der Waals surface area contributed by atoms with Crippen molar-refractivity contribution < 1.29 is 4.74 Å². The Hall–Kier alpha value is -1.37. The highest BCUT2D eigenvalue weighted by Gasteiger charge is 2.15. The van der Waals surface area contributed by atoms with Crippen LogP contribution in [0.4, 0.5) is 17.2 Å². The van der Waals surface area contributed by atoms with Crippen LogP contribution in [0.3, 0.4) is 0 Å². The molecule has 21 heavy (non-hydrogen) atoms. The highest BCUT2D eigenvalue weighted by Crippen LogP contribution is 2.31. The normalized spacial score (nSPS) is 15.0. The monoisotopic (exact) mass is 368 g/mol. The lowest BCUT2D eigenvalue weighted by Crippen LogP contribution is -2.36. The van der Waals surface area contributed by atoms with Gasteiger partial charge in [0.15, 0.2) is 0 Å². The molecule has 1 aliphatic heterocycles. The van der Waals surface area contributed by atoms with Crippen molar-refractivity contribution in [2.75, 3.05) is 36.5 Å². The lowest BCUT2D eigenvalue weighted by Gasteiger charge is -2.30. The molecule has 0 bridgehead atoms. The number of hydrogen-bond donors (Lipinski definition) is 1. The van der Waals surface area contributed by atoms with Gasteiger partial charge in [0.05, 0.1) is 29.1 Å². The molecule has 3 rings (SSSR count). The van der Waals surface area contributed by atoms with E-state index < -0.39 is 0 Å². The Morgan fingerprint density at radius 3 is 2.81 bits per heavy atom. The van der Waals surface area contributed by atoms with Crippen molar-refractivity contribution in [3.05, 3.63) is 40.2 Å². The van der Waals surface area contributed by atoms with E-state index in [4.69, 9.17) is 16.3 Å². The molecule has 1 aromatic heterocycles. The third kappa shape index (κ3) is 3.45. The van der Waals surface area contributed by atoms with Gasteiger partial charge in [0.25, 0.3) is 0 Å². The molecule has 0 unspecified atom stereocenters. The first-order valence-electron chi connectivity index (χ1n) is 6.61. The summed E-state index contributed by atoms with van der Waals surface area (Å²) in [6.07, 6.45) is 1.63. The molecule has 1 N–H and O–H groups in total. The van der Waals surface area contributed by atoms with Gasteiger partial charge in [-0.05, 0) is 39.7 Å². The summed E-state index contributed by atoms with van der Waals surface area (Å²) < 4.78 is 6.17. The molecule has 2 heterocycles. The quantitative estimate of drug-likeness (QED) is 0.840. The molecule has 7 heteroatoms. The fraction of sp³-hybridized carbons (Fsp3) is 0.286. The molecule has 0 spiro atoms. The fourth-order valence-electron chi connectivity index (χ4n) is 2.22. The number of nitrogens with zero attached hydrogens (tertiary/aromatic N) is 3.